The van der Waals surface area contributed by atoms with Crippen molar-refractivity contribution in [2.24, 2.45) is 10.9 Å². The van der Waals surface area contributed by atoms with Crippen LogP contribution >= 0.6 is 11.3 Å². The van der Waals surface area contributed by atoms with E-state index in [1.54, 1.807) is 27.2 Å². The van der Waals surface area contributed by atoms with Crippen molar-refractivity contribution < 1.29 is 14.7 Å². The van der Waals surface area contributed by atoms with Gasteiger partial charge in [-0.1, -0.05) is 57.2 Å². The summed E-state index contributed by atoms with van der Waals surface area (Å²) in [6.45, 7) is 8.88. The Balaban J connectivity index is 1.35. The highest BCUT2D eigenvalue weighted by Crippen LogP contribution is 2.38. The summed E-state index contributed by atoms with van der Waals surface area (Å²) in [5, 5.41) is 22.9. The predicted octanol–water partition coefficient (Wildman–Crippen LogP) is 3.71. The number of aliphatic hydroxyl groups is 1. The number of allylic oxidation sites excluding steroid dienone is 2. The number of rotatable bonds is 7. The second kappa shape index (κ2) is 11.6. The summed E-state index contributed by atoms with van der Waals surface area (Å²) in [5.74, 6) is -0.221. The van der Waals surface area contributed by atoms with Crippen LogP contribution in [0.15, 0.2) is 58.6 Å². The molecule has 1 saturated heterocycles. The lowest BCUT2D eigenvalue weighted by molar-refractivity contribution is -0.138. The van der Waals surface area contributed by atoms with E-state index in [1.165, 1.54) is 4.88 Å². The Kier molecular flexibility index (Phi) is 8.11. The van der Waals surface area contributed by atoms with Crippen LogP contribution in [0.4, 0.5) is 0 Å². The van der Waals surface area contributed by atoms with E-state index in [1.807, 2.05) is 50.7 Å². The largest absolute Gasteiger partial charge is 0.391 e. The maximum atomic E-state index is 14.1. The maximum Gasteiger partial charge on any atom is 0.255 e. The summed E-state index contributed by atoms with van der Waals surface area (Å²) >= 11 is 1.66. The number of amides is 2. The van der Waals surface area contributed by atoms with Crippen LogP contribution in [0.25, 0.3) is 0 Å². The number of β-amino-alcohol motifs (C(OH)–C–C–N with tert-alkyl or cyclic N) is 1. The molecule has 0 bridgehead atoms. The van der Waals surface area contributed by atoms with E-state index in [9.17, 15) is 20.0 Å². The van der Waals surface area contributed by atoms with E-state index < -0.39 is 18.2 Å². The molecule has 1 aromatic carbocycles. The average Bonchev–Trinajstić information content (AvgIpc) is 3.65. The number of thiazole rings is 1. The number of aryl methyl sites for hydroxylation is 1. The minimum Gasteiger partial charge on any atom is -0.391 e. The Bertz CT molecular complexity index is 1470. The van der Waals surface area contributed by atoms with Gasteiger partial charge in [-0.15, -0.1) is 11.3 Å². The second-order valence-corrected chi connectivity index (χ2v) is 12.5. The van der Waals surface area contributed by atoms with Crippen LogP contribution in [0.2, 0.25) is 0 Å². The van der Waals surface area contributed by atoms with Crippen molar-refractivity contribution in [3.05, 3.63) is 75.3 Å². The highest BCUT2D eigenvalue weighted by Gasteiger charge is 2.45. The van der Waals surface area contributed by atoms with Crippen molar-refractivity contribution in [2.45, 2.75) is 70.7 Å². The molecule has 1 unspecified atom stereocenters. The number of fused-ring (bicyclic) bond motifs is 1. The summed E-state index contributed by atoms with van der Waals surface area (Å²) in [6.07, 6.45) is 8.68. The van der Waals surface area contributed by atoms with E-state index in [0.717, 1.165) is 23.3 Å². The fourth-order valence-electron chi connectivity index (χ4n) is 6.13. The summed E-state index contributed by atoms with van der Waals surface area (Å²) in [5.41, 5.74) is 5.33. The Morgan fingerprint density at radius 2 is 2.15 bits per heavy atom. The van der Waals surface area contributed by atoms with Crippen LogP contribution in [-0.4, -0.2) is 68.8 Å². The predicted molar refractivity (Wildman–Crippen MR) is 158 cm³/mol. The van der Waals surface area contributed by atoms with Crippen LogP contribution in [-0.2, 0) is 16.8 Å². The van der Waals surface area contributed by atoms with Crippen LogP contribution in [0.1, 0.15) is 60.1 Å². The van der Waals surface area contributed by atoms with Gasteiger partial charge in [0.1, 0.15) is 11.9 Å². The van der Waals surface area contributed by atoms with E-state index in [2.05, 4.69) is 35.5 Å². The molecule has 3 heterocycles. The Morgan fingerprint density at radius 3 is 2.78 bits per heavy atom. The van der Waals surface area contributed by atoms with E-state index >= 15 is 0 Å². The number of nitriles is 1. The van der Waals surface area contributed by atoms with Gasteiger partial charge in [-0.05, 0) is 36.5 Å². The molecule has 41 heavy (non-hydrogen) atoms. The highest BCUT2D eigenvalue weighted by molar-refractivity contribution is 7.10. The van der Waals surface area contributed by atoms with Gasteiger partial charge in [0, 0.05) is 35.4 Å². The fraction of sp³-hybridized carbons (Fsp3) is 0.452. The van der Waals surface area contributed by atoms with Gasteiger partial charge in [-0.2, -0.15) is 5.26 Å². The monoisotopic (exact) mass is 572 g/mol. The topological polar surface area (TPSA) is 122 Å². The number of carbonyl (C=O) groups excluding carboxylic acids is 2. The third-order valence-corrected chi connectivity index (χ3v) is 9.49. The van der Waals surface area contributed by atoms with Gasteiger partial charge < -0.3 is 14.9 Å². The first-order chi connectivity index (χ1) is 19.6. The van der Waals surface area contributed by atoms with Crippen LogP contribution in [0, 0.1) is 24.3 Å². The Labute approximate surface area is 244 Å². The molecule has 2 aliphatic heterocycles. The van der Waals surface area contributed by atoms with Gasteiger partial charge in [-0.3, -0.25) is 19.9 Å². The molecule has 1 aliphatic carbocycles. The quantitative estimate of drug-likeness (QED) is 0.226. The molecule has 5 rings (SSSR count). The van der Waals surface area contributed by atoms with Gasteiger partial charge in [0.25, 0.3) is 5.91 Å². The van der Waals surface area contributed by atoms with Gasteiger partial charge in [-0.25, -0.2) is 4.98 Å². The van der Waals surface area contributed by atoms with Gasteiger partial charge in [0.05, 0.1) is 29.9 Å². The highest BCUT2D eigenvalue weighted by atomic mass is 32.1. The standard InChI is InChI=1S/C31H36N6O3S/c1-19(2)26(37-15-22-7-5-6-8-24(22)29(37)39)30(40)36-16-23(38)13-25(36)28(34-17-32)33-14-21-9-11-31(4,12-10-21)27-20(3)35-18-41-27/h5-11,18-19,23,25-26,38H,12-16H2,1-4H3,(H,33,34)/t23-,25+,26+,31?/m1/s1. The third-order valence-electron chi connectivity index (χ3n) is 8.28. The molecule has 9 nitrogen and oxygen atoms in total. The first-order valence-electron chi connectivity index (χ1n) is 14.0. The lowest BCUT2D eigenvalue weighted by Gasteiger charge is -2.35. The molecule has 4 atom stereocenters. The van der Waals surface area contributed by atoms with Crippen molar-refractivity contribution in [2.75, 3.05) is 13.1 Å². The molecule has 0 radical (unpaired) electrons. The smallest absolute Gasteiger partial charge is 0.255 e. The van der Waals surface area contributed by atoms with E-state index in [-0.39, 0.29) is 36.1 Å². The van der Waals surface area contributed by atoms with Crippen LogP contribution in [0.3, 0.4) is 0 Å². The number of hydrogen-bond donors (Lipinski definition) is 2. The number of aliphatic hydroxyl groups excluding tert-OH is 1. The minimum atomic E-state index is -0.758. The van der Waals surface area contributed by atoms with Gasteiger partial charge >= 0.3 is 0 Å². The first kappa shape index (κ1) is 28.7. The Hall–Kier alpha value is -3.81. The normalized spacial score (nSPS) is 24.9. The summed E-state index contributed by atoms with van der Waals surface area (Å²) < 4.78 is 0. The average molecular weight is 573 g/mol. The molecule has 10 heteroatoms. The molecule has 0 spiro atoms. The van der Waals surface area contributed by atoms with Gasteiger partial charge in [0.15, 0.2) is 6.19 Å². The third kappa shape index (κ3) is 5.56. The molecule has 2 amide bonds. The van der Waals surface area contributed by atoms with Crippen molar-refractivity contribution in [1.82, 2.24) is 20.1 Å². The van der Waals surface area contributed by atoms with Crippen molar-refractivity contribution in [1.29, 1.82) is 5.26 Å². The van der Waals surface area contributed by atoms with Crippen molar-refractivity contribution in [3.8, 4) is 6.19 Å². The van der Waals surface area contributed by atoms with Crippen molar-refractivity contribution >= 4 is 29.0 Å². The van der Waals surface area contributed by atoms with Crippen molar-refractivity contribution in [3.63, 3.8) is 0 Å². The number of benzene rings is 1. The lowest BCUT2D eigenvalue weighted by atomic mass is 9.80. The molecule has 214 valence electrons. The number of nitrogens with zero attached hydrogens (tertiary/aromatic N) is 5. The number of nitrogens with one attached hydrogen (secondary N) is 1. The summed E-state index contributed by atoms with van der Waals surface area (Å²) in [4.78, 5) is 40.9. The van der Waals surface area contributed by atoms with E-state index in [4.69, 9.17) is 4.99 Å². The fourth-order valence-corrected chi connectivity index (χ4v) is 7.09. The summed E-state index contributed by atoms with van der Waals surface area (Å²) in [7, 11) is 0. The molecule has 1 aromatic heterocycles. The number of carbonyl (C=O) groups is 2. The van der Waals surface area contributed by atoms with Gasteiger partial charge in [0.2, 0.25) is 5.91 Å². The van der Waals surface area contributed by atoms with E-state index in [0.29, 0.717) is 24.5 Å². The zero-order valence-electron chi connectivity index (χ0n) is 23.9. The number of likely N-dealkylation sites (tertiary alicyclic amines) is 1. The number of aliphatic imine (C=N–C) groups is 1. The zero-order valence-corrected chi connectivity index (χ0v) is 24.7. The first-order valence-corrected chi connectivity index (χ1v) is 14.9. The molecule has 1 fully saturated rings. The molecule has 0 saturated carbocycles. The molecule has 2 aromatic rings. The lowest BCUT2D eigenvalue weighted by Crippen LogP contribution is -2.55. The van der Waals surface area contributed by atoms with Crippen LogP contribution in [0.5, 0.6) is 0 Å². The maximum absolute atomic E-state index is 14.1. The molecule has 3 aliphatic rings. The summed E-state index contributed by atoms with van der Waals surface area (Å²) in [6, 6.07) is 6.11. The molecule has 2 N–H and O–H groups in total. The second-order valence-electron chi connectivity index (χ2n) is 11.6. The Morgan fingerprint density at radius 1 is 1.37 bits per heavy atom. The van der Waals surface area contributed by atoms with Crippen LogP contribution < -0.4 is 5.32 Å². The molecular weight excluding hydrogens is 536 g/mol. The minimum absolute atomic E-state index is 0.114. The molecular formula is C31H36N6O3S. The number of aromatic nitrogens is 1. The SMILES string of the molecule is Cc1ncsc1C1(C)C=CC(CN=C(NC#N)[C@@H]2C[C@@H](O)CN2C(=O)[C@H](C(C)C)N2Cc3ccccc3C2=O)=CC1. The number of hydrogen-bond acceptors (Lipinski definition) is 7. The zero-order chi connectivity index (χ0) is 29.3. The number of amidine groups is 1.